The average molecular weight is 446 g/mol. The summed E-state index contributed by atoms with van der Waals surface area (Å²) in [6.07, 6.45) is 1.03. The molecule has 0 radical (unpaired) electrons. The van der Waals surface area contributed by atoms with Crippen molar-refractivity contribution in [2.45, 2.75) is 47.5 Å². The molecular weight excluding hydrogens is 410 g/mol. The van der Waals surface area contributed by atoms with E-state index in [-0.39, 0.29) is 17.7 Å². The molecule has 1 saturated heterocycles. The smallest absolute Gasteiger partial charge is 0.309 e. The van der Waals surface area contributed by atoms with Gasteiger partial charge in [0.1, 0.15) is 0 Å². The van der Waals surface area contributed by atoms with Crippen LogP contribution in [0.1, 0.15) is 57.8 Å². The lowest BCUT2D eigenvalue weighted by Crippen LogP contribution is -2.45. The molecule has 1 aromatic rings. The third-order valence-corrected chi connectivity index (χ3v) is 5.22. The van der Waals surface area contributed by atoms with Crippen molar-refractivity contribution in [3.05, 3.63) is 29.8 Å². The second-order valence-electron chi connectivity index (χ2n) is 9.62. The lowest BCUT2D eigenvalue weighted by Gasteiger charge is -2.34. The molecule has 1 aliphatic heterocycles. The predicted octanol–water partition coefficient (Wildman–Crippen LogP) is 2.84. The molecule has 1 fully saturated rings. The summed E-state index contributed by atoms with van der Waals surface area (Å²) in [5.41, 5.74) is 0.264. The minimum atomic E-state index is -0.511. The van der Waals surface area contributed by atoms with Gasteiger partial charge < -0.3 is 20.3 Å². The Labute approximate surface area is 190 Å². The third kappa shape index (κ3) is 7.35. The number of hydrogen-bond acceptors (Lipinski definition) is 5. The van der Waals surface area contributed by atoms with Crippen molar-refractivity contribution in [3.63, 3.8) is 0 Å². The number of nitrogens with zero attached hydrogens (tertiary/aromatic N) is 1. The van der Waals surface area contributed by atoms with E-state index in [1.165, 1.54) is 0 Å². The fourth-order valence-electron chi connectivity index (χ4n) is 3.42. The predicted molar refractivity (Wildman–Crippen MR) is 122 cm³/mol. The average Bonchev–Trinajstić information content (AvgIpc) is 2.75. The van der Waals surface area contributed by atoms with Crippen LogP contribution < -0.4 is 10.6 Å². The van der Waals surface area contributed by atoms with Crippen LogP contribution in [0, 0.1) is 17.3 Å². The number of piperidine rings is 1. The molecule has 0 spiro atoms. The quantitative estimate of drug-likeness (QED) is 0.628. The molecule has 0 unspecified atom stereocenters. The van der Waals surface area contributed by atoms with Crippen LogP contribution in [-0.4, -0.2) is 54.8 Å². The molecule has 8 nitrogen and oxygen atoms in total. The van der Waals surface area contributed by atoms with E-state index in [0.717, 1.165) is 0 Å². The summed E-state index contributed by atoms with van der Waals surface area (Å²) in [6.45, 7) is 10.7. The van der Waals surface area contributed by atoms with Crippen LogP contribution in [0.4, 0.5) is 5.69 Å². The first-order valence-corrected chi connectivity index (χ1v) is 11.1. The summed E-state index contributed by atoms with van der Waals surface area (Å²) in [6, 6.07) is 6.69. The van der Waals surface area contributed by atoms with Gasteiger partial charge in [-0.15, -0.1) is 0 Å². The highest BCUT2D eigenvalue weighted by molar-refractivity contribution is 6.04. The highest BCUT2D eigenvalue weighted by atomic mass is 16.5. The second-order valence-corrected chi connectivity index (χ2v) is 9.62. The summed E-state index contributed by atoms with van der Waals surface area (Å²) in [4.78, 5) is 51.2. The van der Waals surface area contributed by atoms with Crippen molar-refractivity contribution in [2.24, 2.45) is 17.3 Å². The number of hydrogen-bond donors (Lipinski definition) is 2. The van der Waals surface area contributed by atoms with Gasteiger partial charge in [0, 0.05) is 25.0 Å². The molecule has 8 heteroatoms. The molecule has 0 atom stereocenters. The Kier molecular flexibility index (Phi) is 8.80. The van der Waals surface area contributed by atoms with Crippen LogP contribution in [0.15, 0.2) is 24.3 Å². The lowest BCUT2D eigenvalue weighted by molar-refractivity contribution is -0.155. The SMILES string of the molecule is CC(C)CNC(=O)c1ccccc1NC(=O)COC(=O)C1CCN(C(=O)C(C)(C)C)CC1. The van der Waals surface area contributed by atoms with E-state index in [1.54, 1.807) is 29.2 Å². The summed E-state index contributed by atoms with van der Waals surface area (Å²) < 4.78 is 5.20. The van der Waals surface area contributed by atoms with Gasteiger partial charge >= 0.3 is 5.97 Å². The topological polar surface area (TPSA) is 105 Å². The van der Waals surface area contributed by atoms with Crippen molar-refractivity contribution in [1.82, 2.24) is 10.2 Å². The highest BCUT2D eigenvalue weighted by Gasteiger charge is 2.33. The Hall–Kier alpha value is -2.90. The number of ether oxygens (including phenoxy) is 1. The zero-order chi connectivity index (χ0) is 23.9. The van der Waals surface area contributed by atoms with Gasteiger partial charge in [0.05, 0.1) is 17.2 Å². The minimum absolute atomic E-state index is 0.0693. The number of nitrogens with one attached hydrogen (secondary N) is 2. The molecule has 1 heterocycles. The highest BCUT2D eigenvalue weighted by Crippen LogP contribution is 2.24. The normalized spacial score (nSPS) is 14.8. The first-order valence-electron chi connectivity index (χ1n) is 11.1. The lowest BCUT2D eigenvalue weighted by atomic mass is 9.91. The molecule has 1 aliphatic rings. The zero-order valence-corrected chi connectivity index (χ0v) is 19.7. The first-order chi connectivity index (χ1) is 15.0. The summed E-state index contributed by atoms with van der Waals surface area (Å²) >= 11 is 0. The zero-order valence-electron chi connectivity index (χ0n) is 19.7. The van der Waals surface area contributed by atoms with Crippen LogP contribution in [0.25, 0.3) is 0 Å². The maximum atomic E-state index is 12.4. The maximum absolute atomic E-state index is 12.4. The van der Waals surface area contributed by atoms with Crippen molar-refractivity contribution in [2.75, 3.05) is 31.6 Å². The Balaban J connectivity index is 1.83. The van der Waals surface area contributed by atoms with Crippen molar-refractivity contribution < 1.29 is 23.9 Å². The second kappa shape index (κ2) is 11.1. The van der Waals surface area contributed by atoms with Gasteiger partial charge in [0.25, 0.3) is 11.8 Å². The number of anilines is 1. The number of rotatable bonds is 7. The van der Waals surface area contributed by atoms with Gasteiger partial charge in [-0.1, -0.05) is 46.8 Å². The fraction of sp³-hybridized carbons (Fsp3) is 0.583. The Morgan fingerprint density at radius 2 is 1.72 bits per heavy atom. The van der Waals surface area contributed by atoms with E-state index in [0.29, 0.717) is 49.6 Å². The number of amides is 3. The number of benzene rings is 1. The van der Waals surface area contributed by atoms with Crippen LogP contribution >= 0.6 is 0 Å². The molecule has 3 amide bonds. The molecule has 176 valence electrons. The summed E-state index contributed by atoms with van der Waals surface area (Å²) in [7, 11) is 0. The molecule has 1 aromatic carbocycles. The largest absolute Gasteiger partial charge is 0.455 e. The van der Waals surface area contributed by atoms with E-state index in [1.807, 2.05) is 34.6 Å². The summed E-state index contributed by atoms with van der Waals surface area (Å²) in [5, 5.41) is 5.47. The van der Waals surface area contributed by atoms with E-state index in [9.17, 15) is 19.2 Å². The number of para-hydroxylation sites is 1. The number of carbonyl (C=O) groups is 4. The van der Waals surface area contributed by atoms with E-state index < -0.39 is 23.9 Å². The Bertz CT molecular complexity index is 836. The fourth-order valence-corrected chi connectivity index (χ4v) is 3.42. The van der Waals surface area contributed by atoms with Gasteiger partial charge in [-0.05, 0) is 30.9 Å². The van der Waals surface area contributed by atoms with Gasteiger partial charge in [0.15, 0.2) is 6.61 Å². The molecule has 32 heavy (non-hydrogen) atoms. The van der Waals surface area contributed by atoms with Crippen molar-refractivity contribution >= 4 is 29.4 Å². The van der Waals surface area contributed by atoms with Crippen LogP contribution in [-0.2, 0) is 19.1 Å². The van der Waals surface area contributed by atoms with Gasteiger partial charge in [-0.2, -0.15) is 0 Å². The number of esters is 1. The monoisotopic (exact) mass is 445 g/mol. The Morgan fingerprint density at radius 1 is 1.09 bits per heavy atom. The first kappa shape index (κ1) is 25.4. The summed E-state index contributed by atoms with van der Waals surface area (Å²) in [5.74, 6) is -1.18. The standard InChI is InChI=1S/C24H35N3O5/c1-16(2)14-25-21(29)18-8-6-7-9-19(18)26-20(28)15-32-22(30)17-10-12-27(13-11-17)23(31)24(3,4)5/h6-9,16-17H,10-15H2,1-5H3,(H,25,29)(H,26,28). The van der Waals surface area contributed by atoms with Crippen LogP contribution in [0.3, 0.4) is 0 Å². The molecule has 2 N–H and O–H groups in total. The molecule has 0 saturated carbocycles. The molecule has 2 rings (SSSR count). The van der Waals surface area contributed by atoms with Crippen molar-refractivity contribution in [1.29, 1.82) is 0 Å². The van der Waals surface area contributed by atoms with Gasteiger partial charge in [-0.3, -0.25) is 19.2 Å². The minimum Gasteiger partial charge on any atom is -0.455 e. The van der Waals surface area contributed by atoms with Crippen LogP contribution in [0.5, 0.6) is 0 Å². The van der Waals surface area contributed by atoms with E-state index in [4.69, 9.17) is 4.74 Å². The van der Waals surface area contributed by atoms with E-state index >= 15 is 0 Å². The molecular formula is C24H35N3O5. The number of likely N-dealkylation sites (tertiary alicyclic amines) is 1. The van der Waals surface area contributed by atoms with Crippen LogP contribution in [0.2, 0.25) is 0 Å². The van der Waals surface area contributed by atoms with Crippen molar-refractivity contribution in [3.8, 4) is 0 Å². The molecule has 0 aliphatic carbocycles. The number of carbonyl (C=O) groups excluding carboxylic acids is 4. The van der Waals surface area contributed by atoms with Gasteiger partial charge in [-0.25, -0.2) is 0 Å². The molecule has 0 aromatic heterocycles. The molecule has 0 bridgehead atoms. The third-order valence-electron chi connectivity index (χ3n) is 5.22. The Morgan fingerprint density at radius 3 is 2.31 bits per heavy atom. The maximum Gasteiger partial charge on any atom is 0.309 e. The van der Waals surface area contributed by atoms with E-state index in [2.05, 4.69) is 10.6 Å². The van der Waals surface area contributed by atoms with Gasteiger partial charge in [0.2, 0.25) is 5.91 Å².